The fourth-order valence-electron chi connectivity index (χ4n) is 2.51. The molecular formula is C17H19NO2. The second-order valence-corrected chi connectivity index (χ2v) is 5.13. The van der Waals surface area contributed by atoms with E-state index in [1.54, 1.807) is 6.20 Å². The molecule has 0 aliphatic carbocycles. The van der Waals surface area contributed by atoms with Crippen LogP contribution in [-0.2, 0) is 11.2 Å². The van der Waals surface area contributed by atoms with Gasteiger partial charge in [-0.3, -0.25) is 9.78 Å². The van der Waals surface area contributed by atoms with Crippen LogP contribution in [0.2, 0.25) is 0 Å². The molecule has 2 rings (SSSR count). The zero-order valence-electron chi connectivity index (χ0n) is 11.6. The van der Waals surface area contributed by atoms with E-state index < -0.39 is 5.97 Å². The van der Waals surface area contributed by atoms with Gasteiger partial charge in [0.1, 0.15) is 0 Å². The van der Waals surface area contributed by atoms with Crippen molar-refractivity contribution >= 4 is 5.97 Å². The van der Waals surface area contributed by atoms with Crippen LogP contribution >= 0.6 is 0 Å². The number of hydrogen-bond donors (Lipinski definition) is 1. The lowest BCUT2D eigenvalue weighted by atomic mass is 9.83. The van der Waals surface area contributed by atoms with Crippen LogP contribution in [0.15, 0.2) is 54.7 Å². The molecule has 1 heterocycles. The van der Waals surface area contributed by atoms with Gasteiger partial charge in [0.15, 0.2) is 0 Å². The van der Waals surface area contributed by atoms with Gasteiger partial charge in [0.25, 0.3) is 0 Å². The molecule has 2 unspecified atom stereocenters. The Kier molecular flexibility index (Phi) is 4.88. The summed E-state index contributed by atoms with van der Waals surface area (Å²) >= 11 is 0. The van der Waals surface area contributed by atoms with Crippen molar-refractivity contribution in [3.05, 3.63) is 66.0 Å². The summed E-state index contributed by atoms with van der Waals surface area (Å²) in [4.78, 5) is 15.4. The Bertz CT molecular complexity index is 539. The van der Waals surface area contributed by atoms with Gasteiger partial charge in [0, 0.05) is 17.8 Å². The normalized spacial score (nSPS) is 13.7. The number of carboxylic acid groups (broad SMARTS) is 1. The molecule has 0 aliphatic rings. The van der Waals surface area contributed by atoms with Gasteiger partial charge in [-0.15, -0.1) is 0 Å². The first kappa shape index (κ1) is 14.3. The first-order valence-electron chi connectivity index (χ1n) is 6.83. The zero-order valence-corrected chi connectivity index (χ0v) is 11.6. The molecule has 0 saturated carbocycles. The monoisotopic (exact) mass is 269 g/mol. The van der Waals surface area contributed by atoms with Crippen molar-refractivity contribution in [3.8, 4) is 0 Å². The molecule has 0 radical (unpaired) electrons. The number of hydrogen-bond acceptors (Lipinski definition) is 2. The third-order valence-corrected chi connectivity index (χ3v) is 3.55. The number of benzene rings is 1. The van der Waals surface area contributed by atoms with E-state index in [1.807, 2.05) is 36.4 Å². The van der Waals surface area contributed by atoms with E-state index in [0.29, 0.717) is 0 Å². The average molecular weight is 269 g/mol. The standard InChI is InChI=1S/C17H19NO2/c1-13(11-14-7-3-2-4-8-14)15(12-17(19)20)16-9-5-6-10-18-16/h2-10,13,15H,11-12H2,1H3,(H,19,20). The van der Waals surface area contributed by atoms with Crippen LogP contribution in [0.25, 0.3) is 0 Å². The summed E-state index contributed by atoms with van der Waals surface area (Å²) in [6, 6.07) is 15.8. The quantitative estimate of drug-likeness (QED) is 0.873. The predicted molar refractivity (Wildman–Crippen MR) is 78.5 cm³/mol. The Morgan fingerprint density at radius 1 is 1.15 bits per heavy atom. The molecule has 0 spiro atoms. The molecule has 0 saturated heterocycles. The van der Waals surface area contributed by atoms with Gasteiger partial charge in [0.2, 0.25) is 0 Å². The molecule has 1 N–H and O–H groups in total. The summed E-state index contributed by atoms with van der Waals surface area (Å²) in [6.07, 6.45) is 2.69. The summed E-state index contributed by atoms with van der Waals surface area (Å²) in [6.45, 7) is 2.09. The lowest BCUT2D eigenvalue weighted by molar-refractivity contribution is -0.137. The number of aromatic nitrogens is 1. The maximum Gasteiger partial charge on any atom is 0.304 e. The summed E-state index contributed by atoms with van der Waals surface area (Å²) in [5.41, 5.74) is 2.09. The van der Waals surface area contributed by atoms with Gasteiger partial charge in [-0.05, 0) is 30.0 Å². The Hall–Kier alpha value is -2.16. The van der Waals surface area contributed by atoms with Crippen molar-refractivity contribution in [1.82, 2.24) is 4.98 Å². The third kappa shape index (κ3) is 3.92. The highest BCUT2D eigenvalue weighted by Crippen LogP contribution is 2.29. The summed E-state index contributed by atoms with van der Waals surface area (Å²) in [7, 11) is 0. The molecule has 104 valence electrons. The van der Waals surface area contributed by atoms with Crippen LogP contribution in [0.4, 0.5) is 0 Å². The SMILES string of the molecule is CC(Cc1ccccc1)C(CC(=O)O)c1ccccn1. The molecule has 3 nitrogen and oxygen atoms in total. The van der Waals surface area contributed by atoms with E-state index in [9.17, 15) is 4.79 Å². The van der Waals surface area contributed by atoms with E-state index in [0.717, 1.165) is 12.1 Å². The van der Waals surface area contributed by atoms with E-state index in [-0.39, 0.29) is 18.3 Å². The van der Waals surface area contributed by atoms with Crippen LogP contribution in [0.1, 0.15) is 30.5 Å². The molecule has 0 fully saturated rings. The minimum absolute atomic E-state index is 0.0612. The molecule has 1 aromatic carbocycles. The largest absolute Gasteiger partial charge is 0.481 e. The first-order chi connectivity index (χ1) is 9.66. The Labute approximate surface area is 119 Å². The van der Waals surface area contributed by atoms with Gasteiger partial charge in [0.05, 0.1) is 6.42 Å². The van der Waals surface area contributed by atoms with Crippen molar-refractivity contribution in [2.45, 2.75) is 25.7 Å². The Balaban J connectivity index is 2.16. The van der Waals surface area contributed by atoms with Crippen LogP contribution < -0.4 is 0 Å². The number of rotatable bonds is 6. The van der Waals surface area contributed by atoms with Crippen LogP contribution in [0.3, 0.4) is 0 Å². The van der Waals surface area contributed by atoms with Crippen LogP contribution in [0.5, 0.6) is 0 Å². The van der Waals surface area contributed by atoms with Gasteiger partial charge in [-0.1, -0.05) is 43.3 Å². The van der Waals surface area contributed by atoms with E-state index in [1.165, 1.54) is 5.56 Å². The maximum atomic E-state index is 11.1. The smallest absolute Gasteiger partial charge is 0.304 e. The average Bonchev–Trinajstić information content (AvgIpc) is 2.46. The summed E-state index contributed by atoms with van der Waals surface area (Å²) < 4.78 is 0. The highest BCUT2D eigenvalue weighted by molar-refractivity contribution is 5.68. The second-order valence-electron chi connectivity index (χ2n) is 5.13. The Morgan fingerprint density at radius 3 is 2.45 bits per heavy atom. The minimum atomic E-state index is -0.777. The van der Waals surface area contributed by atoms with E-state index in [2.05, 4.69) is 24.0 Å². The van der Waals surface area contributed by atoms with Gasteiger partial charge in [-0.25, -0.2) is 0 Å². The summed E-state index contributed by atoms with van der Waals surface area (Å²) in [5, 5.41) is 9.13. The summed E-state index contributed by atoms with van der Waals surface area (Å²) in [5.74, 6) is -0.613. The number of pyridine rings is 1. The van der Waals surface area contributed by atoms with Crippen LogP contribution in [-0.4, -0.2) is 16.1 Å². The third-order valence-electron chi connectivity index (χ3n) is 3.55. The number of carboxylic acids is 1. The van der Waals surface area contributed by atoms with Gasteiger partial charge in [-0.2, -0.15) is 0 Å². The zero-order chi connectivity index (χ0) is 14.4. The second kappa shape index (κ2) is 6.85. The van der Waals surface area contributed by atoms with Crippen molar-refractivity contribution < 1.29 is 9.90 Å². The van der Waals surface area contributed by atoms with Gasteiger partial charge < -0.3 is 5.11 Å². The molecular weight excluding hydrogens is 250 g/mol. The number of carbonyl (C=O) groups is 1. The lowest BCUT2D eigenvalue weighted by Gasteiger charge is -2.22. The molecule has 2 aromatic rings. The predicted octanol–water partition coefficient (Wildman–Crippen LogP) is 3.52. The Morgan fingerprint density at radius 2 is 1.85 bits per heavy atom. The fourth-order valence-corrected chi connectivity index (χ4v) is 2.51. The van der Waals surface area contributed by atoms with Crippen LogP contribution in [0, 0.1) is 5.92 Å². The van der Waals surface area contributed by atoms with Crippen molar-refractivity contribution in [2.24, 2.45) is 5.92 Å². The topological polar surface area (TPSA) is 50.2 Å². The van der Waals surface area contributed by atoms with Crippen molar-refractivity contribution in [3.63, 3.8) is 0 Å². The maximum absolute atomic E-state index is 11.1. The lowest BCUT2D eigenvalue weighted by Crippen LogP contribution is -2.17. The molecule has 1 aromatic heterocycles. The highest BCUT2D eigenvalue weighted by atomic mass is 16.4. The molecule has 0 bridgehead atoms. The molecule has 0 amide bonds. The molecule has 0 aliphatic heterocycles. The number of aliphatic carboxylic acids is 1. The molecule has 20 heavy (non-hydrogen) atoms. The van der Waals surface area contributed by atoms with Crippen molar-refractivity contribution in [1.29, 1.82) is 0 Å². The van der Waals surface area contributed by atoms with E-state index >= 15 is 0 Å². The van der Waals surface area contributed by atoms with Gasteiger partial charge >= 0.3 is 5.97 Å². The fraction of sp³-hybridized carbons (Fsp3) is 0.294. The molecule has 2 atom stereocenters. The number of nitrogens with zero attached hydrogens (tertiary/aromatic N) is 1. The first-order valence-corrected chi connectivity index (χ1v) is 6.83. The molecule has 3 heteroatoms. The highest BCUT2D eigenvalue weighted by Gasteiger charge is 2.23. The minimum Gasteiger partial charge on any atom is -0.481 e. The van der Waals surface area contributed by atoms with Crippen molar-refractivity contribution in [2.75, 3.05) is 0 Å². The van der Waals surface area contributed by atoms with E-state index in [4.69, 9.17) is 5.11 Å².